The molecule has 0 fully saturated rings. The summed E-state index contributed by atoms with van der Waals surface area (Å²) in [5, 5.41) is 0. The van der Waals surface area contributed by atoms with Gasteiger partial charge >= 0.3 is 0 Å². The van der Waals surface area contributed by atoms with Crippen molar-refractivity contribution in [1.82, 2.24) is 0 Å². The average molecular weight is 192 g/mol. The molecular formula is C10H12N2O2. The molecule has 74 valence electrons. The van der Waals surface area contributed by atoms with Crippen LogP contribution in [0.2, 0.25) is 0 Å². The molecule has 0 aromatic carbocycles. The second kappa shape index (κ2) is 5.28. The van der Waals surface area contributed by atoms with Crippen LogP contribution in [0.4, 0.5) is 0 Å². The molecule has 14 heavy (non-hydrogen) atoms. The summed E-state index contributed by atoms with van der Waals surface area (Å²) in [6, 6.07) is 0. The summed E-state index contributed by atoms with van der Waals surface area (Å²) in [4.78, 5) is 27.8. The summed E-state index contributed by atoms with van der Waals surface area (Å²) in [6.45, 7) is 0. The van der Waals surface area contributed by atoms with Crippen LogP contribution in [-0.4, -0.2) is 17.8 Å². The first-order valence-corrected chi connectivity index (χ1v) is 4.66. The van der Waals surface area contributed by atoms with E-state index in [1.54, 1.807) is 0 Å². The highest BCUT2D eigenvalue weighted by molar-refractivity contribution is 5.39. The molecular weight excluding hydrogens is 180 g/mol. The Hall–Kier alpha value is -1.50. The van der Waals surface area contributed by atoms with Gasteiger partial charge in [-0.05, 0) is 32.1 Å². The fourth-order valence-corrected chi connectivity index (χ4v) is 1.60. The summed E-state index contributed by atoms with van der Waals surface area (Å²) in [5.74, 6) is 0. The first-order chi connectivity index (χ1) is 6.83. The molecule has 4 nitrogen and oxygen atoms in total. The van der Waals surface area contributed by atoms with Crippen molar-refractivity contribution in [3.05, 3.63) is 12.2 Å². The van der Waals surface area contributed by atoms with Crippen molar-refractivity contribution >= 4 is 12.2 Å². The lowest BCUT2D eigenvalue weighted by molar-refractivity contribution is 0.368. The van der Waals surface area contributed by atoms with Crippen molar-refractivity contribution in [3.8, 4) is 0 Å². The van der Waals surface area contributed by atoms with E-state index in [2.05, 4.69) is 16.1 Å². The van der Waals surface area contributed by atoms with Gasteiger partial charge in [0.25, 0.3) is 0 Å². The number of hydrogen-bond donors (Lipinski definition) is 0. The highest BCUT2D eigenvalue weighted by Crippen LogP contribution is 2.28. The first kappa shape index (κ1) is 10.6. The predicted octanol–water partition coefficient (Wildman–Crippen LogP) is 1.87. The van der Waals surface area contributed by atoms with Crippen molar-refractivity contribution in [1.29, 1.82) is 0 Å². The highest BCUT2D eigenvalue weighted by Gasteiger charge is 2.28. The quantitative estimate of drug-likeness (QED) is 0.381. The Bertz CT molecular complexity index is 292. The second-order valence-corrected chi connectivity index (χ2v) is 3.29. The topological polar surface area (TPSA) is 58.9 Å². The van der Waals surface area contributed by atoms with Crippen molar-refractivity contribution < 1.29 is 9.59 Å². The van der Waals surface area contributed by atoms with E-state index in [4.69, 9.17) is 0 Å². The van der Waals surface area contributed by atoms with Gasteiger partial charge in [0.2, 0.25) is 12.2 Å². The zero-order chi connectivity index (χ0) is 10.3. The Morgan fingerprint density at radius 3 is 2.29 bits per heavy atom. The summed E-state index contributed by atoms with van der Waals surface area (Å²) < 4.78 is 0. The maximum absolute atomic E-state index is 10.3. The molecule has 0 atom stereocenters. The van der Waals surface area contributed by atoms with Gasteiger partial charge in [0.1, 0.15) is 0 Å². The lowest BCUT2D eigenvalue weighted by Crippen LogP contribution is -2.24. The van der Waals surface area contributed by atoms with Crippen LogP contribution < -0.4 is 0 Å². The van der Waals surface area contributed by atoms with Crippen molar-refractivity contribution in [2.45, 2.75) is 37.8 Å². The van der Waals surface area contributed by atoms with Crippen LogP contribution in [0.1, 0.15) is 32.1 Å². The average Bonchev–Trinajstić information content (AvgIpc) is 2.12. The van der Waals surface area contributed by atoms with Crippen LogP contribution in [0.5, 0.6) is 0 Å². The van der Waals surface area contributed by atoms with Gasteiger partial charge in [0.05, 0.1) is 0 Å². The van der Waals surface area contributed by atoms with E-state index < -0.39 is 5.66 Å². The minimum atomic E-state index is -0.895. The van der Waals surface area contributed by atoms with E-state index in [1.807, 2.05) is 6.08 Å². The number of hydrogen-bond acceptors (Lipinski definition) is 4. The maximum atomic E-state index is 10.3. The number of aliphatic imine (C=N–C) groups is 2. The van der Waals surface area contributed by atoms with Gasteiger partial charge < -0.3 is 0 Å². The zero-order valence-corrected chi connectivity index (χ0v) is 7.90. The minimum Gasteiger partial charge on any atom is -0.211 e. The van der Waals surface area contributed by atoms with Crippen molar-refractivity contribution in [3.63, 3.8) is 0 Å². The number of rotatable bonds is 2. The highest BCUT2D eigenvalue weighted by atomic mass is 16.1. The van der Waals surface area contributed by atoms with Crippen molar-refractivity contribution in [2.24, 2.45) is 9.98 Å². The normalized spacial score (nSPS) is 26.6. The fourth-order valence-electron chi connectivity index (χ4n) is 1.60. The molecule has 0 N–H and O–H groups in total. The molecule has 0 amide bonds. The molecule has 0 aromatic rings. The molecule has 1 aliphatic rings. The first-order valence-electron chi connectivity index (χ1n) is 4.66. The molecule has 1 aliphatic carbocycles. The molecule has 0 spiro atoms. The zero-order valence-electron chi connectivity index (χ0n) is 7.90. The number of isocyanates is 2. The summed E-state index contributed by atoms with van der Waals surface area (Å²) in [5.41, 5.74) is -0.895. The van der Waals surface area contributed by atoms with Crippen LogP contribution in [0.25, 0.3) is 0 Å². The van der Waals surface area contributed by atoms with Crippen LogP contribution >= 0.6 is 0 Å². The standard InChI is InChI=1S/C10H12N2O2/c13-8-11-10(12-9-14)6-4-2-1-3-5-7-10/h1-2H,3-7H2. The van der Waals surface area contributed by atoms with Crippen LogP contribution in [0.3, 0.4) is 0 Å². The van der Waals surface area contributed by atoms with E-state index in [0.717, 1.165) is 19.3 Å². The maximum Gasteiger partial charge on any atom is 0.237 e. The van der Waals surface area contributed by atoms with Gasteiger partial charge in [-0.15, -0.1) is 0 Å². The van der Waals surface area contributed by atoms with Gasteiger partial charge in [-0.3, -0.25) is 0 Å². The Balaban J connectivity index is 2.88. The number of nitrogens with zero attached hydrogens (tertiary/aromatic N) is 2. The van der Waals surface area contributed by atoms with Gasteiger partial charge in [0, 0.05) is 0 Å². The van der Waals surface area contributed by atoms with E-state index in [0.29, 0.717) is 12.8 Å². The molecule has 4 heteroatoms. The Morgan fingerprint density at radius 1 is 1.00 bits per heavy atom. The van der Waals surface area contributed by atoms with E-state index in [-0.39, 0.29) is 0 Å². The largest absolute Gasteiger partial charge is 0.237 e. The van der Waals surface area contributed by atoms with Gasteiger partial charge in [-0.2, -0.15) is 9.98 Å². The Kier molecular flexibility index (Phi) is 3.99. The molecule has 0 aliphatic heterocycles. The lowest BCUT2D eigenvalue weighted by atomic mass is 9.95. The lowest BCUT2D eigenvalue weighted by Gasteiger charge is -2.22. The SMILES string of the molecule is O=C=NC1(N=C=O)CCC=CCCC1. The second-order valence-electron chi connectivity index (χ2n) is 3.29. The monoisotopic (exact) mass is 192 g/mol. The Morgan fingerprint density at radius 2 is 1.64 bits per heavy atom. The third-order valence-electron chi connectivity index (χ3n) is 2.33. The number of carbonyl (C=O) groups excluding carboxylic acids is 2. The molecule has 1 rings (SSSR count). The smallest absolute Gasteiger partial charge is 0.211 e. The van der Waals surface area contributed by atoms with Gasteiger partial charge in [-0.1, -0.05) is 12.2 Å². The van der Waals surface area contributed by atoms with Gasteiger partial charge in [0.15, 0.2) is 5.66 Å². The van der Waals surface area contributed by atoms with E-state index in [9.17, 15) is 9.59 Å². The summed E-state index contributed by atoms with van der Waals surface area (Å²) >= 11 is 0. The number of allylic oxidation sites excluding steroid dienone is 2. The molecule has 0 saturated carbocycles. The molecule has 0 bridgehead atoms. The summed E-state index contributed by atoms with van der Waals surface area (Å²) in [7, 11) is 0. The van der Waals surface area contributed by atoms with Crippen molar-refractivity contribution in [2.75, 3.05) is 0 Å². The predicted molar refractivity (Wildman–Crippen MR) is 51.2 cm³/mol. The van der Waals surface area contributed by atoms with Gasteiger partial charge in [-0.25, -0.2) is 9.59 Å². The molecule has 0 heterocycles. The van der Waals surface area contributed by atoms with E-state index in [1.165, 1.54) is 12.2 Å². The third-order valence-corrected chi connectivity index (χ3v) is 2.33. The van der Waals surface area contributed by atoms with Crippen LogP contribution in [0, 0.1) is 0 Å². The molecule has 0 unspecified atom stereocenters. The minimum absolute atomic E-state index is 0.577. The summed E-state index contributed by atoms with van der Waals surface area (Å²) in [6.07, 6.45) is 10.9. The molecule has 0 saturated heterocycles. The molecule has 0 radical (unpaired) electrons. The Labute approximate surface area is 82.4 Å². The van der Waals surface area contributed by atoms with Crippen LogP contribution in [-0.2, 0) is 9.59 Å². The third kappa shape index (κ3) is 2.77. The molecule has 0 aromatic heterocycles. The van der Waals surface area contributed by atoms with Crippen LogP contribution in [0.15, 0.2) is 22.1 Å². The van der Waals surface area contributed by atoms with E-state index >= 15 is 0 Å². The fraction of sp³-hybridized carbons (Fsp3) is 0.600.